The van der Waals surface area contributed by atoms with Crippen molar-refractivity contribution in [1.29, 1.82) is 0 Å². The third-order valence-electron chi connectivity index (χ3n) is 1.01. The van der Waals surface area contributed by atoms with Crippen LogP contribution in [0, 0.1) is 0 Å². The van der Waals surface area contributed by atoms with Crippen molar-refractivity contribution in [2.24, 2.45) is 0 Å². The van der Waals surface area contributed by atoms with Gasteiger partial charge >= 0.3 is 5.97 Å². The Morgan fingerprint density at radius 1 is 1.33 bits per heavy atom. The van der Waals surface area contributed by atoms with E-state index < -0.39 is 5.97 Å². The predicted molar refractivity (Wildman–Crippen MR) is 44.8 cm³/mol. The highest BCUT2D eigenvalue weighted by atomic mass is 35.5. The molecule has 0 aliphatic carbocycles. The van der Waals surface area contributed by atoms with Crippen molar-refractivity contribution in [3.05, 3.63) is 28.0 Å². The van der Waals surface area contributed by atoms with Crippen LogP contribution in [0.1, 0.15) is 10.4 Å². The van der Waals surface area contributed by atoms with Gasteiger partial charge < -0.3 is 10.6 Å². The van der Waals surface area contributed by atoms with Crippen LogP contribution in [-0.2, 0) is 0 Å². The quantitative estimate of drug-likeness (QED) is 0.708. The van der Waals surface area contributed by atoms with Crippen LogP contribution in [0.2, 0.25) is 10.3 Å². The van der Waals surface area contributed by atoms with E-state index in [9.17, 15) is 4.79 Å². The molecular formula is C6H5Cl2NO3. The maximum absolute atomic E-state index is 10.4. The molecule has 0 atom stereocenters. The Bertz CT molecular complexity index is 283. The molecule has 1 heterocycles. The van der Waals surface area contributed by atoms with E-state index in [2.05, 4.69) is 4.98 Å². The van der Waals surface area contributed by atoms with Crippen molar-refractivity contribution in [1.82, 2.24) is 4.98 Å². The molecule has 6 heteroatoms. The SMILES string of the molecule is O.O=C(O)c1cc(Cl)nc(Cl)c1. The molecule has 3 N–H and O–H groups in total. The third kappa shape index (κ3) is 2.65. The minimum atomic E-state index is -1.07. The Hall–Kier alpha value is -0.840. The van der Waals surface area contributed by atoms with Gasteiger partial charge in [0.25, 0.3) is 0 Å². The van der Waals surface area contributed by atoms with E-state index in [0.29, 0.717) is 0 Å². The molecule has 0 aliphatic rings. The number of halogens is 2. The summed E-state index contributed by atoms with van der Waals surface area (Å²) >= 11 is 10.9. The number of hydrogen-bond donors (Lipinski definition) is 1. The van der Waals surface area contributed by atoms with Crippen LogP contribution in [0.5, 0.6) is 0 Å². The van der Waals surface area contributed by atoms with Crippen LogP contribution >= 0.6 is 23.2 Å². The molecule has 0 spiro atoms. The van der Waals surface area contributed by atoms with Gasteiger partial charge in [-0.25, -0.2) is 9.78 Å². The normalized spacial score (nSPS) is 8.83. The number of carbonyl (C=O) groups is 1. The molecule has 0 saturated heterocycles. The molecule has 0 amide bonds. The average molecular weight is 210 g/mol. The van der Waals surface area contributed by atoms with Crippen LogP contribution in [-0.4, -0.2) is 21.5 Å². The second kappa shape index (κ2) is 4.25. The molecule has 0 unspecified atom stereocenters. The van der Waals surface area contributed by atoms with Crippen molar-refractivity contribution in [3.8, 4) is 0 Å². The number of nitrogens with zero attached hydrogens (tertiary/aromatic N) is 1. The van der Waals surface area contributed by atoms with Crippen molar-refractivity contribution >= 4 is 29.2 Å². The van der Waals surface area contributed by atoms with Gasteiger partial charge in [0.2, 0.25) is 0 Å². The van der Waals surface area contributed by atoms with E-state index in [4.69, 9.17) is 28.3 Å². The largest absolute Gasteiger partial charge is 0.478 e. The van der Waals surface area contributed by atoms with Crippen LogP contribution in [0.4, 0.5) is 0 Å². The zero-order valence-corrected chi connectivity index (χ0v) is 7.23. The van der Waals surface area contributed by atoms with E-state index in [-0.39, 0.29) is 21.3 Å². The zero-order chi connectivity index (χ0) is 8.43. The molecule has 0 bridgehead atoms. The molecule has 0 aromatic carbocycles. The Morgan fingerprint density at radius 2 is 1.75 bits per heavy atom. The second-order valence-electron chi connectivity index (χ2n) is 1.81. The van der Waals surface area contributed by atoms with Gasteiger partial charge in [-0.1, -0.05) is 23.2 Å². The lowest BCUT2D eigenvalue weighted by atomic mass is 10.3. The van der Waals surface area contributed by atoms with Crippen LogP contribution in [0.3, 0.4) is 0 Å². The highest BCUT2D eigenvalue weighted by Crippen LogP contribution is 2.14. The van der Waals surface area contributed by atoms with Crippen molar-refractivity contribution in [2.75, 3.05) is 0 Å². The maximum atomic E-state index is 10.4. The zero-order valence-electron chi connectivity index (χ0n) is 5.71. The summed E-state index contributed by atoms with van der Waals surface area (Å²) in [5.41, 5.74) is 0.0370. The highest BCUT2D eigenvalue weighted by Gasteiger charge is 2.05. The van der Waals surface area contributed by atoms with Gasteiger partial charge in [0.15, 0.2) is 0 Å². The number of carboxylic acid groups (broad SMARTS) is 1. The number of pyridine rings is 1. The molecule has 1 aromatic rings. The fourth-order valence-electron chi connectivity index (χ4n) is 0.588. The van der Waals surface area contributed by atoms with Crippen LogP contribution < -0.4 is 0 Å². The van der Waals surface area contributed by atoms with Gasteiger partial charge in [0.1, 0.15) is 10.3 Å². The van der Waals surface area contributed by atoms with Gasteiger partial charge in [-0.15, -0.1) is 0 Å². The van der Waals surface area contributed by atoms with Crippen molar-refractivity contribution in [3.63, 3.8) is 0 Å². The maximum Gasteiger partial charge on any atom is 0.335 e. The van der Waals surface area contributed by atoms with Crippen LogP contribution in [0.25, 0.3) is 0 Å². The highest BCUT2D eigenvalue weighted by molar-refractivity contribution is 6.32. The van der Waals surface area contributed by atoms with Gasteiger partial charge in [-0.2, -0.15) is 0 Å². The molecule has 66 valence electrons. The molecule has 4 nitrogen and oxygen atoms in total. The summed E-state index contributed by atoms with van der Waals surface area (Å²) < 4.78 is 0. The van der Waals surface area contributed by atoms with Crippen molar-refractivity contribution in [2.45, 2.75) is 0 Å². The molecular weight excluding hydrogens is 205 g/mol. The summed E-state index contributed by atoms with van der Waals surface area (Å²) in [6.45, 7) is 0. The second-order valence-corrected chi connectivity index (χ2v) is 2.58. The number of aromatic nitrogens is 1. The van der Waals surface area contributed by atoms with Gasteiger partial charge in [-0.3, -0.25) is 0 Å². The summed E-state index contributed by atoms with van der Waals surface area (Å²) in [5, 5.41) is 8.65. The lowest BCUT2D eigenvalue weighted by Crippen LogP contribution is -1.96. The molecule has 1 rings (SSSR count). The molecule has 0 radical (unpaired) electrons. The molecule has 0 saturated carbocycles. The van der Waals surface area contributed by atoms with Gasteiger partial charge in [0.05, 0.1) is 5.56 Å². The number of rotatable bonds is 1. The van der Waals surface area contributed by atoms with E-state index in [1.165, 1.54) is 12.1 Å². The number of carboxylic acids is 1. The summed E-state index contributed by atoms with van der Waals surface area (Å²) in [6.07, 6.45) is 0. The smallest absolute Gasteiger partial charge is 0.335 e. The standard InChI is InChI=1S/C6H3Cl2NO2.H2O/c7-4-1-3(6(10)11)2-5(8)9-4;/h1-2H,(H,10,11);1H2. The lowest BCUT2D eigenvalue weighted by Gasteiger charge is -1.94. The van der Waals surface area contributed by atoms with E-state index in [1.54, 1.807) is 0 Å². The topological polar surface area (TPSA) is 81.7 Å². The van der Waals surface area contributed by atoms with Gasteiger partial charge in [0, 0.05) is 0 Å². The van der Waals surface area contributed by atoms with Crippen LogP contribution in [0.15, 0.2) is 12.1 Å². The Labute approximate surface area is 78.1 Å². The van der Waals surface area contributed by atoms with Gasteiger partial charge in [-0.05, 0) is 12.1 Å². The van der Waals surface area contributed by atoms with E-state index in [1.807, 2.05) is 0 Å². The summed E-state index contributed by atoms with van der Waals surface area (Å²) in [6, 6.07) is 2.46. The first-order valence-corrected chi connectivity index (χ1v) is 3.41. The number of aromatic carboxylic acids is 1. The lowest BCUT2D eigenvalue weighted by molar-refractivity contribution is 0.0696. The molecule has 0 fully saturated rings. The Balaban J connectivity index is 0.00000121. The predicted octanol–water partition coefficient (Wildman–Crippen LogP) is 1.26. The molecule has 12 heavy (non-hydrogen) atoms. The fraction of sp³-hybridized carbons (Fsp3) is 0. The van der Waals surface area contributed by atoms with E-state index in [0.717, 1.165) is 0 Å². The minimum absolute atomic E-state index is 0. The first-order chi connectivity index (χ1) is 5.09. The first-order valence-electron chi connectivity index (χ1n) is 2.66. The van der Waals surface area contributed by atoms with Crippen molar-refractivity contribution < 1.29 is 15.4 Å². The third-order valence-corrected chi connectivity index (χ3v) is 1.40. The summed E-state index contributed by atoms with van der Waals surface area (Å²) in [5.74, 6) is -1.07. The van der Waals surface area contributed by atoms with E-state index >= 15 is 0 Å². The molecule has 1 aromatic heterocycles. The minimum Gasteiger partial charge on any atom is -0.478 e. The first kappa shape index (κ1) is 11.2. The summed E-state index contributed by atoms with van der Waals surface area (Å²) in [7, 11) is 0. The Morgan fingerprint density at radius 3 is 2.08 bits per heavy atom. The monoisotopic (exact) mass is 209 g/mol. The molecule has 0 aliphatic heterocycles. The number of hydrogen-bond acceptors (Lipinski definition) is 2. The summed E-state index contributed by atoms with van der Waals surface area (Å²) in [4.78, 5) is 13.9. The fourth-order valence-corrected chi connectivity index (χ4v) is 1.05. The average Bonchev–Trinajstić information content (AvgIpc) is 1.85. The Kier molecular flexibility index (Phi) is 3.95.